The summed E-state index contributed by atoms with van der Waals surface area (Å²) < 4.78 is 53.4. The molecule has 0 aliphatic rings. The molecule has 0 aliphatic heterocycles. The van der Waals surface area contributed by atoms with Gasteiger partial charge < -0.3 is 9.47 Å². The number of hydrogen-bond donors (Lipinski definition) is 0. The van der Waals surface area contributed by atoms with Gasteiger partial charge in [0.1, 0.15) is 0 Å². The standard InChI is InChI=1S/C28H37F3O3/c1-4-6-7-8-9-10-11-12-17-33-25-15-13-21(18-23(25)29)22-14-16-26(24(30)19-22)34-28(32)27(31)20(3)5-2/h13-16,18-20,27H,4-12,17H2,1-3H3/t20-,27+/m0/s1. The third kappa shape index (κ3) is 8.69. The highest BCUT2D eigenvalue weighted by Gasteiger charge is 2.26. The van der Waals surface area contributed by atoms with Crippen LogP contribution >= 0.6 is 0 Å². The maximum absolute atomic E-state index is 14.5. The Bertz CT molecular complexity index is 900. The maximum atomic E-state index is 14.5. The van der Waals surface area contributed by atoms with Crippen LogP contribution in [0.2, 0.25) is 0 Å². The van der Waals surface area contributed by atoms with Gasteiger partial charge >= 0.3 is 5.97 Å². The summed E-state index contributed by atoms with van der Waals surface area (Å²) in [6, 6.07) is 8.33. The van der Waals surface area contributed by atoms with Gasteiger partial charge in [-0.05, 0) is 47.7 Å². The van der Waals surface area contributed by atoms with Gasteiger partial charge in [0.05, 0.1) is 6.61 Å². The topological polar surface area (TPSA) is 35.5 Å². The lowest BCUT2D eigenvalue weighted by Gasteiger charge is -2.14. The molecule has 188 valence electrons. The quantitative estimate of drug-likeness (QED) is 0.146. The molecule has 2 aromatic rings. The number of esters is 1. The number of hydrogen-bond acceptors (Lipinski definition) is 3. The summed E-state index contributed by atoms with van der Waals surface area (Å²) in [7, 11) is 0. The number of unbranched alkanes of at least 4 members (excludes halogenated alkanes) is 7. The Hall–Kier alpha value is -2.50. The zero-order valence-corrected chi connectivity index (χ0v) is 20.5. The number of ether oxygens (including phenoxy) is 2. The first-order valence-corrected chi connectivity index (χ1v) is 12.4. The van der Waals surface area contributed by atoms with Crippen LogP contribution in [0.1, 0.15) is 78.6 Å². The lowest BCUT2D eigenvalue weighted by atomic mass is 10.0. The third-order valence-electron chi connectivity index (χ3n) is 6.03. The molecule has 0 radical (unpaired) electrons. The molecule has 0 bridgehead atoms. The normalized spacial score (nSPS) is 12.9. The Kier molecular flexibility index (Phi) is 12.0. The van der Waals surface area contributed by atoms with Crippen molar-refractivity contribution in [2.24, 2.45) is 5.92 Å². The zero-order valence-electron chi connectivity index (χ0n) is 20.5. The second-order valence-electron chi connectivity index (χ2n) is 8.82. The minimum atomic E-state index is -1.82. The molecule has 0 aliphatic carbocycles. The molecule has 0 fully saturated rings. The fraction of sp³-hybridized carbons (Fsp3) is 0.536. The summed E-state index contributed by atoms with van der Waals surface area (Å²) in [4.78, 5) is 11.9. The van der Waals surface area contributed by atoms with Gasteiger partial charge in [0.25, 0.3) is 0 Å². The van der Waals surface area contributed by atoms with Crippen LogP contribution < -0.4 is 9.47 Å². The molecule has 0 N–H and O–H groups in total. The molecule has 3 nitrogen and oxygen atoms in total. The van der Waals surface area contributed by atoms with Crippen LogP contribution in [0, 0.1) is 17.6 Å². The molecule has 0 heterocycles. The summed E-state index contributed by atoms with van der Waals surface area (Å²) in [5, 5.41) is 0. The highest BCUT2D eigenvalue weighted by atomic mass is 19.1. The van der Waals surface area contributed by atoms with Crippen LogP contribution in [0.15, 0.2) is 36.4 Å². The third-order valence-corrected chi connectivity index (χ3v) is 6.03. The van der Waals surface area contributed by atoms with Crippen LogP contribution in [0.4, 0.5) is 13.2 Å². The van der Waals surface area contributed by atoms with Crippen LogP contribution in [-0.4, -0.2) is 18.7 Å². The van der Waals surface area contributed by atoms with Gasteiger partial charge in [-0.3, -0.25) is 0 Å². The molecule has 34 heavy (non-hydrogen) atoms. The van der Waals surface area contributed by atoms with E-state index in [1.165, 1.54) is 56.4 Å². The molecule has 0 amide bonds. The number of halogens is 3. The van der Waals surface area contributed by atoms with E-state index in [1.807, 2.05) is 0 Å². The summed E-state index contributed by atoms with van der Waals surface area (Å²) in [5.74, 6) is -3.18. The van der Waals surface area contributed by atoms with E-state index < -0.39 is 29.7 Å². The van der Waals surface area contributed by atoms with Gasteiger partial charge in [-0.2, -0.15) is 0 Å². The first kappa shape index (κ1) is 27.7. The molecule has 0 saturated carbocycles. The van der Waals surface area contributed by atoms with Gasteiger partial charge in [-0.1, -0.05) is 84.3 Å². The minimum absolute atomic E-state index is 0.164. The van der Waals surface area contributed by atoms with E-state index in [1.54, 1.807) is 19.9 Å². The Labute approximate surface area is 201 Å². The lowest BCUT2D eigenvalue weighted by Crippen LogP contribution is -2.28. The Morgan fingerprint density at radius 3 is 1.88 bits per heavy atom. The van der Waals surface area contributed by atoms with Gasteiger partial charge in [-0.15, -0.1) is 0 Å². The van der Waals surface area contributed by atoms with Gasteiger partial charge in [0.15, 0.2) is 29.3 Å². The number of carbonyl (C=O) groups excluding carboxylic acids is 1. The number of alkyl halides is 1. The molecule has 6 heteroatoms. The Morgan fingerprint density at radius 1 is 0.824 bits per heavy atom. The van der Waals surface area contributed by atoms with Crippen molar-refractivity contribution in [2.75, 3.05) is 6.61 Å². The minimum Gasteiger partial charge on any atom is -0.491 e. The van der Waals surface area contributed by atoms with E-state index >= 15 is 0 Å². The fourth-order valence-electron chi connectivity index (χ4n) is 3.58. The van der Waals surface area contributed by atoms with Crippen molar-refractivity contribution in [1.29, 1.82) is 0 Å². The molecule has 2 rings (SSSR count). The molecule has 0 aromatic heterocycles. The first-order chi connectivity index (χ1) is 16.4. The van der Waals surface area contributed by atoms with E-state index in [0.717, 1.165) is 25.3 Å². The van der Waals surface area contributed by atoms with Crippen LogP contribution in [-0.2, 0) is 4.79 Å². The SMILES string of the molecule is CCCCCCCCCCOc1ccc(-c2ccc(OC(=O)[C@H](F)[C@@H](C)CC)c(F)c2)cc1F. The number of carbonyl (C=O) groups is 1. The van der Waals surface area contributed by atoms with E-state index in [4.69, 9.17) is 9.47 Å². The van der Waals surface area contributed by atoms with E-state index in [-0.39, 0.29) is 11.5 Å². The van der Waals surface area contributed by atoms with Crippen molar-refractivity contribution >= 4 is 5.97 Å². The summed E-state index contributed by atoms with van der Waals surface area (Å²) in [5.41, 5.74) is 0.862. The largest absolute Gasteiger partial charge is 0.491 e. The van der Waals surface area contributed by atoms with Crippen LogP contribution in [0.25, 0.3) is 11.1 Å². The van der Waals surface area contributed by atoms with Crippen molar-refractivity contribution in [1.82, 2.24) is 0 Å². The predicted octanol–water partition coefficient (Wildman–Crippen LogP) is 8.44. The molecule has 0 saturated heterocycles. The Morgan fingerprint density at radius 2 is 1.35 bits per heavy atom. The van der Waals surface area contributed by atoms with E-state index in [2.05, 4.69) is 6.92 Å². The van der Waals surface area contributed by atoms with Gasteiger partial charge in [-0.25, -0.2) is 18.0 Å². The van der Waals surface area contributed by atoms with Crippen molar-refractivity contribution < 1.29 is 27.4 Å². The molecule has 0 unspecified atom stereocenters. The van der Waals surface area contributed by atoms with E-state index in [0.29, 0.717) is 24.2 Å². The molecule has 2 atom stereocenters. The number of benzene rings is 2. The van der Waals surface area contributed by atoms with E-state index in [9.17, 15) is 18.0 Å². The molecular formula is C28H37F3O3. The highest BCUT2D eigenvalue weighted by molar-refractivity contribution is 5.77. The van der Waals surface area contributed by atoms with Crippen LogP contribution in [0.5, 0.6) is 11.5 Å². The highest BCUT2D eigenvalue weighted by Crippen LogP contribution is 2.29. The Balaban J connectivity index is 1.88. The predicted molar refractivity (Wildman–Crippen MR) is 130 cm³/mol. The average Bonchev–Trinajstić information content (AvgIpc) is 2.83. The number of rotatable bonds is 15. The maximum Gasteiger partial charge on any atom is 0.346 e. The van der Waals surface area contributed by atoms with Gasteiger partial charge in [0, 0.05) is 0 Å². The van der Waals surface area contributed by atoms with Crippen LogP contribution in [0.3, 0.4) is 0 Å². The second-order valence-corrected chi connectivity index (χ2v) is 8.82. The summed E-state index contributed by atoms with van der Waals surface area (Å²) >= 11 is 0. The molecule has 0 spiro atoms. The van der Waals surface area contributed by atoms with Crippen molar-refractivity contribution in [3.8, 4) is 22.6 Å². The van der Waals surface area contributed by atoms with Crippen molar-refractivity contribution in [3.63, 3.8) is 0 Å². The monoisotopic (exact) mass is 478 g/mol. The average molecular weight is 479 g/mol. The van der Waals surface area contributed by atoms with Crippen molar-refractivity contribution in [2.45, 2.75) is 84.7 Å². The smallest absolute Gasteiger partial charge is 0.346 e. The lowest BCUT2D eigenvalue weighted by molar-refractivity contribution is -0.142. The fourth-order valence-corrected chi connectivity index (χ4v) is 3.58. The van der Waals surface area contributed by atoms with Gasteiger partial charge in [0.2, 0.25) is 0 Å². The zero-order chi connectivity index (χ0) is 24.9. The molecule has 2 aromatic carbocycles. The second kappa shape index (κ2) is 14.7. The first-order valence-electron chi connectivity index (χ1n) is 12.4. The summed E-state index contributed by atoms with van der Waals surface area (Å²) in [6.45, 7) is 6.00. The summed E-state index contributed by atoms with van der Waals surface area (Å²) in [6.07, 6.45) is 8.05. The van der Waals surface area contributed by atoms with Crippen molar-refractivity contribution in [3.05, 3.63) is 48.0 Å². The molecular weight excluding hydrogens is 441 g/mol.